The summed E-state index contributed by atoms with van der Waals surface area (Å²) in [6, 6.07) is 8.96. The number of ether oxygens (including phenoxy) is 2. The van der Waals surface area contributed by atoms with Crippen molar-refractivity contribution in [1.82, 2.24) is 5.32 Å². The number of methoxy groups -OCH3 is 1. The van der Waals surface area contributed by atoms with E-state index in [0.29, 0.717) is 6.04 Å². The van der Waals surface area contributed by atoms with Crippen LogP contribution in [0.15, 0.2) is 24.3 Å². The summed E-state index contributed by atoms with van der Waals surface area (Å²) >= 11 is 0. The lowest BCUT2D eigenvalue weighted by Gasteiger charge is -2.34. The van der Waals surface area contributed by atoms with Crippen LogP contribution < -0.4 is 5.32 Å². The van der Waals surface area contributed by atoms with E-state index in [1.54, 1.807) is 7.11 Å². The van der Waals surface area contributed by atoms with Crippen LogP contribution in [0.2, 0.25) is 0 Å². The molecule has 0 radical (unpaired) electrons. The van der Waals surface area contributed by atoms with Crippen molar-refractivity contribution in [2.24, 2.45) is 0 Å². The maximum atomic E-state index is 6.05. The Kier molecular flexibility index (Phi) is 5.19. The maximum absolute atomic E-state index is 6.05. The molecule has 0 amide bonds. The molecule has 0 spiro atoms. The minimum Gasteiger partial charge on any atom is -0.379 e. The van der Waals surface area contributed by atoms with Crippen LogP contribution in [0.25, 0.3) is 0 Å². The van der Waals surface area contributed by atoms with Crippen LogP contribution >= 0.6 is 0 Å². The standard InChI is InChI=1S/C17H27NO2/c1-17(2,19-4)11-9-15(18-3)16-14-8-6-5-7-13(14)10-12-20-16/h5-8,15-16,18H,9-12H2,1-4H3. The second-order valence-corrected chi connectivity index (χ2v) is 6.14. The molecule has 112 valence electrons. The van der Waals surface area contributed by atoms with Crippen molar-refractivity contribution in [2.45, 2.75) is 50.9 Å². The van der Waals surface area contributed by atoms with Crippen LogP contribution in [-0.2, 0) is 15.9 Å². The number of nitrogens with one attached hydrogen (secondary N) is 1. The van der Waals surface area contributed by atoms with Crippen molar-refractivity contribution in [3.05, 3.63) is 35.4 Å². The van der Waals surface area contributed by atoms with Crippen molar-refractivity contribution in [2.75, 3.05) is 20.8 Å². The molecular weight excluding hydrogens is 250 g/mol. The van der Waals surface area contributed by atoms with Crippen LogP contribution in [0, 0.1) is 0 Å². The molecule has 20 heavy (non-hydrogen) atoms. The first-order chi connectivity index (χ1) is 9.57. The Labute approximate surface area is 122 Å². The molecule has 2 atom stereocenters. The first-order valence-corrected chi connectivity index (χ1v) is 7.49. The summed E-state index contributed by atoms with van der Waals surface area (Å²) < 4.78 is 11.6. The molecule has 1 N–H and O–H groups in total. The van der Waals surface area contributed by atoms with Crippen LogP contribution in [0.5, 0.6) is 0 Å². The molecule has 2 unspecified atom stereocenters. The highest BCUT2D eigenvalue weighted by atomic mass is 16.5. The molecule has 1 aromatic carbocycles. The van der Waals surface area contributed by atoms with Crippen molar-refractivity contribution >= 4 is 0 Å². The largest absolute Gasteiger partial charge is 0.379 e. The van der Waals surface area contributed by atoms with Crippen LogP contribution in [-0.4, -0.2) is 32.4 Å². The van der Waals surface area contributed by atoms with Crippen molar-refractivity contribution in [1.29, 1.82) is 0 Å². The zero-order valence-electron chi connectivity index (χ0n) is 13.1. The third-order valence-electron chi connectivity index (χ3n) is 4.38. The predicted molar refractivity (Wildman–Crippen MR) is 82.0 cm³/mol. The van der Waals surface area contributed by atoms with Gasteiger partial charge in [-0.25, -0.2) is 0 Å². The quantitative estimate of drug-likeness (QED) is 0.866. The van der Waals surface area contributed by atoms with Gasteiger partial charge in [-0.05, 0) is 51.3 Å². The van der Waals surface area contributed by atoms with Gasteiger partial charge in [-0.2, -0.15) is 0 Å². The summed E-state index contributed by atoms with van der Waals surface area (Å²) in [5, 5.41) is 3.43. The molecule has 1 aliphatic rings. The van der Waals surface area contributed by atoms with Gasteiger partial charge < -0.3 is 14.8 Å². The number of benzene rings is 1. The van der Waals surface area contributed by atoms with E-state index < -0.39 is 0 Å². The normalized spacial score (nSPS) is 20.5. The summed E-state index contributed by atoms with van der Waals surface area (Å²) in [6.07, 6.45) is 3.22. The molecule has 1 aliphatic heterocycles. The second kappa shape index (κ2) is 6.70. The molecule has 1 aromatic rings. The Balaban J connectivity index is 2.09. The molecule has 0 bridgehead atoms. The van der Waals surface area contributed by atoms with E-state index in [-0.39, 0.29) is 11.7 Å². The van der Waals surface area contributed by atoms with E-state index in [4.69, 9.17) is 9.47 Å². The van der Waals surface area contributed by atoms with Crippen LogP contribution in [0.1, 0.15) is 43.9 Å². The third-order valence-corrected chi connectivity index (χ3v) is 4.38. The molecular formula is C17H27NO2. The van der Waals surface area contributed by atoms with E-state index in [0.717, 1.165) is 25.9 Å². The molecule has 0 fully saturated rings. The van der Waals surface area contributed by atoms with Gasteiger partial charge in [0.25, 0.3) is 0 Å². The summed E-state index contributed by atoms with van der Waals surface area (Å²) in [6.45, 7) is 5.08. The van der Waals surface area contributed by atoms with Gasteiger partial charge in [-0.15, -0.1) is 0 Å². The molecule has 0 aliphatic carbocycles. The highest BCUT2D eigenvalue weighted by Crippen LogP contribution is 2.32. The lowest BCUT2D eigenvalue weighted by molar-refractivity contribution is -0.0101. The van der Waals surface area contributed by atoms with E-state index in [2.05, 4.69) is 43.4 Å². The van der Waals surface area contributed by atoms with Crippen LogP contribution in [0.4, 0.5) is 0 Å². The summed E-state index contributed by atoms with van der Waals surface area (Å²) in [4.78, 5) is 0. The molecule has 0 aromatic heterocycles. The Hall–Kier alpha value is -0.900. The van der Waals surface area contributed by atoms with Crippen molar-refractivity contribution < 1.29 is 9.47 Å². The number of rotatable bonds is 6. The SMILES string of the molecule is CNC(CCC(C)(C)OC)C1OCCc2ccccc21. The Bertz CT molecular complexity index is 431. The van der Waals surface area contributed by atoms with Crippen molar-refractivity contribution in [3.8, 4) is 0 Å². The fourth-order valence-corrected chi connectivity index (χ4v) is 2.81. The van der Waals surface area contributed by atoms with Gasteiger partial charge in [0.1, 0.15) is 0 Å². The number of hydrogen-bond acceptors (Lipinski definition) is 3. The smallest absolute Gasteiger partial charge is 0.0980 e. The second-order valence-electron chi connectivity index (χ2n) is 6.14. The minimum absolute atomic E-state index is 0.0801. The highest BCUT2D eigenvalue weighted by Gasteiger charge is 2.29. The Morgan fingerprint density at radius 2 is 2.15 bits per heavy atom. The van der Waals surface area contributed by atoms with Gasteiger partial charge in [0, 0.05) is 13.2 Å². The topological polar surface area (TPSA) is 30.5 Å². The van der Waals surface area contributed by atoms with Gasteiger partial charge >= 0.3 is 0 Å². The van der Waals surface area contributed by atoms with E-state index in [9.17, 15) is 0 Å². The first-order valence-electron chi connectivity index (χ1n) is 7.49. The summed E-state index contributed by atoms with van der Waals surface area (Å²) in [5.74, 6) is 0. The van der Waals surface area contributed by atoms with E-state index in [1.807, 2.05) is 7.05 Å². The van der Waals surface area contributed by atoms with Gasteiger partial charge in [-0.1, -0.05) is 24.3 Å². The maximum Gasteiger partial charge on any atom is 0.0980 e. The Morgan fingerprint density at radius 1 is 1.40 bits per heavy atom. The summed E-state index contributed by atoms with van der Waals surface area (Å²) in [7, 11) is 3.80. The molecule has 3 nitrogen and oxygen atoms in total. The zero-order valence-corrected chi connectivity index (χ0v) is 13.1. The van der Waals surface area contributed by atoms with Crippen LogP contribution in [0.3, 0.4) is 0 Å². The summed E-state index contributed by atoms with van der Waals surface area (Å²) in [5.41, 5.74) is 2.69. The average Bonchev–Trinajstić information content (AvgIpc) is 2.48. The molecule has 3 heteroatoms. The average molecular weight is 277 g/mol. The zero-order chi connectivity index (χ0) is 14.6. The predicted octanol–water partition coefficient (Wildman–Crippen LogP) is 3.09. The molecule has 2 rings (SSSR count). The van der Waals surface area contributed by atoms with Gasteiger partial charge in [0.05, 0.1) is 18.3 Å². The molecule has 1 heterocycles. The minimum atomic E-state index is -0.0801. The highest BCUT2D eigenvalue weighted by molar-refractivity contribution is 5.31. The van der Waals surface area contributed by atoms with Gasteiger partial charge in [0.2, 0.25) is 0 Å². The Morgan fingerprint density at radius 3 is 2.85 bits per heavy atom. The van der Waals surface area contributed by atoms with Gasteiger partial charge in [0.15, 0.2) is 0 Å². The lowest BCUT2D eigenvalue weighted by Crippen LogP contribution is -2.38. The lowest BCUT2D eigenvalue weighted by atomic mass is 9.89. The fourth-order valence-electron chi connectivity index (χ4n) is 2.81. The van der Waals surface area contributed by atoms with Gasteiger partial charge in [-0.3, -0.25) is 0 Å². The monoisotopic (exact) mass is 277 g/mol. The number of hydrogen-bond donors (Lipinski definition) is 1. The van der Waals surface area contributed by atoms with E-state index >= 15 is 0 Å². The fraction of sp³-hybridized carbons (Fsp3) is 0.647. The van der Waals surface area contributed by atoms with Crippen molar-refractivity contribution in [3.63, 3.8) is 0 Å². The number of likely N-dealkylation sites (N-methyl/N-ethyl adjacent to an activating group) is 1. The molecule has 0 saturated carbocycles. The first kappa shape index (κ1) is 15.5. The third kappa shape index (κ3) is 3.60. The van der Waals surface area contributed by atoms with E-state index in [1.165, 1.54) is 11.1 Å². The number of fused-ring (bicyclic) bond motifs is 1. The molecule has 0 saturated heterocycles.